The van der Waals surface area contributed by atoms with Gasteiger partial charge in [0.05, 0.1) is 48.6 Å². The number of methoxy groups -OCH3 is 2. The Morgan fingerprint density at radius 3 is 1.31 bits per heavy atom. The number of ether oxygens (including phenoxy) is 4. The summed E-state index contributed by atoms with van der Waals surface area (Å²) in [7, 11) is 3.32. The van der Waals surface area contributed by atoms with Crippen molar-refractivity contribution < 1.29 is 58.6 Å². The molecule has 8 heterocycles. The molecule has 2 aromatic heterocycles. The highest BCUT2D eigenvalue weighted by Crippen LogP contribution is 2.44. The normalized spacial score (nSPS) is 24.0. The van der Waals surface area contributed by atoms with Gasteiger partial charge in [-0.15, -0.1) is 13.2 Å². The van der Waals surface area contributed by atoms with Crippen molar-refractivity contribution in [2.45, 2.75) is 62.2 Å². The van der Waals surface area contributed by atoms with Gasteiger partial charge in [0.2, 0.25) is 12.2 Å². The second-order valence-electron chi connectivity index (χ2n) is 19.0. The third-order valence-electron chi connectivity index (χ3n) is 14.9. The fraction of sp³-hybridized carbons (Fsp3) is 0.345. The summed E-state index contributed by atoms with van der Waals surface area (Å²) in [6.07, 6.45) is 6.81. The van der Waals surface area contributed by atoms with Crippen molar-refractivity contribution in [2.24, 2.45) is 23.7 Å². The zero-order valence-corrected chi connectivity index (χ0v) is 41.4. The number of aromatic nitrogens is 2. The van der Waals surface area contributed by atoms with Crippen LogP contribution in [-0.2, 0) is 19.1 Å². The molecule has 0 saturated carbocycles. The minimum atomic E-state index is -2.21. The van der Waals surface area contributed by atoms with Crippen LogP contribution in [0.15, 0.2) is 147 Å². The number of benzene rings is 4. The number of aliphatic hydroxyl groups is 2. The number of rotatable bonds is 15. The zero-order valence-electron chi connectivity index (χ0n) is 41.4. The van der Waals surface area contributed by atoms with E-state index in [0.29, 0.717) is 23.7 Å². The molecule has 0 radical (unpaired) electrons. The molecule has 6 aliphatic heterocycles. The number of carboxylic acid groups (broad SMARTS) is 2. The molecule has 12 rings (SSSR count). The summed E-state index contributed by atoms with van der Waals surface area (Å²) in [6.45, 7) is 12.1. The molecule has 6 aliphatic rings. The molecule has 0 spiro atoms. The number of hydrogen-bond acceptors (Lipinski definition) is 14. The van der Waals surface area contributed by atoms with Crippen molar-refractivity contribution >= 4 is 45.7 Å². The van der Waals surface area contributed by atoms with E-state index in [-0.39, 0.29) is 23.2 Å². The third kappa shape index (κ3) is 11.8. The SMILES string of the molecule is C=C[C@H]1CN2CC[C@H]1C[C@H]2[C@@H](O)c1ccnc2ccc(OC)cc12.C=C[C@H]1CN2CC[C@H]1C[C@H]2[C@@H](O)c1ccnc2ccc(OC)cc12.O=C(O[C@@H](C(=O)O)[C@@H](OC(=O)c1ccccc1)C(=O)O)c1ccccc1. The van der Waals surface area contributed by atoms with Crippen molar-refractivity contribution in [1.29, 1.82) is 0 Å². The van der Waals surface area contributed by atoms with Crippen LogP contribution in [0, 0.1) is 23.7 Å². The van der Waals surface area contributed by atoms with Gasteiger partial charge in [-0.05, 0) is 146 Å². The number of carboxylic acids is 2. The van der Waals surface area contributed by atoms with Gasteiger partial charge in [-0.2, -0.15) is 0 Å². The number of fused-ring (bicyclic) bond motifs is 8. The Morgan fingerprint density at radius 1 is 0.595 bits per heavy atom. The topological polar surface area (TPSA) is 218 Å². The minimum Gasteiger partial charge on any atom is -0.497 e. The molecule has 0 amide bonds. The van der Waals surface area contributed by atoms with Gasteiger partial charge in [0.25, 0.3) is 0 Å². The van der Waals surface area contributed by atoms with Gasteiger partial charge in [0.15, 0.2) is 0 Å². The largest absolute Gasteiger partial charge is 0.497 e. The zero-order chi connectivity index (χ0) is 52.5. The summed E-state index contributed by atoms with van der Waals surface area (Å²) >= 11 is 0. The van der Waals surface area contributed by atoms with Gasteiger partial charge in [0.1, 0.15) is 11.5 Å². The molecule has 386 valence electrons. The standard InChI is InChI=1S/2C20H24N2O2.C18H14O8/c2*1-3-13-12-22-9-7-14(13)10-19(22)20(23)16-6-8-21-18-5-4-15(24-2)11-17(16)18;19-15(20)13(25-17(23)11-7-3-1-4-8-11)14(16(21)22)26-18(24)12-9-5-2-6-10-12/h2*3-6,8,11,13-14,19-20,23H,1,7,9-10,12H2,2H3;1-10,13-14H,(H,19,20)(H,21,22)/t2*13-,14-,19-,20-;13-,14-/m001/s1. The van der Waals surface area contributed by atoms with E-state index in [4.69, 9.17) is 18.9 Å². The Balaban J connectivity index is 0.000000148. The smallest absolute Gasteiger partial charge is 0.349 e. The number of aliphatic carboxylic acids is 2. The lowest BCUT2D eigenvalue weighted by molar-refractivity contribution is -0.166. The number of nitrogens with zero attached hydrogens (tertiary/aromatic N) is 4. The molecule has 6 aromatic rings. The summed E-state index contributed by atoms with van der Waals surface area (Å²) in [5.74, 6) is -1.62. The van der Waals surface area contributed by atoms with Crippen LogP contribution >= 0.6 is 0 Å². The first kappa shape index (κ1) is 52.8. The lowest BCUT2D eigenvalue weighted by Crippen LogP contribution is -2.54. The van der Waals surface area contributed by atoms with E-state index in [0.717, 1.165) is 83.5 Å². The van der Waals surface area contributed by atoms with E-state index in [9.17, 15) is 39.6 Å². The summed E-state index contributed by atoms with van der Waals surface area (Å²) in [5.41, 5.74) is 3.74. The van der Waals surface area contributed by atoms with E-state index in [1.165, 1.54) is 61.4 Å². The first-order valence-corrected chi connectivity index (χ1v) is 24.7. The number of piperidine rings is 6. The molecule has 2 unspecified atom stereocenters. The molecule has 4 aromatic carbocycles. The average Bonchev–Trinajstić information content (AvgIpc) is 3.45. The molecule has 6 fully saturated rings. The Bertz CT molecular complexity index is 2760. The van der Waals surface area contributed by atoms with Gasteiger partial charge in [-0.1, -0.05) is 48.6 Å². The summed E-state index contributed by atoms with van der Waals surface area (Å²) < 4.78 is 20.2. The lowest BCUT2D eigenvalue weighted by atomic mass is 9.73. The molecule has 4 bridgehead atoms. The maximum Gasteiger partial charge on any atom is 0.349 e. The highest BCUT2D eigenvalue weighted by Gasteiger charge is 2.44. The van der Waals surface area contributed by atoms with Gasteiger partial charge in [0, 0.05) is 48.3 Å². The molecule has 4 N–H and O–H groups in total. The van der Waals surface area contributed by atoms with Crippen LogP contribution in [-0.4, -0.2) is 129 Å². The summed E-state index contributed by atoms with van der Waals surface area (Å²) in [4.78, 5) is 60.6. The van der Waals surface area contributed by atoms with E-state index in [1.54, 1.807) is 38.7 Å². The van der Waals surface area contributed by atoms with Gasteiger partial charge < -0.3 is 39.4 Å². The van der Waals surface area contributed by atoms with Crippen LogP contribution in [0.4, 0.5) is 0 Å². The van der Waals surface area contributed by atoms with Crippen LogP contribution < -0.4 is 9.47 Å². The first-order valence-electron chi connectivity index (χ1n) is 24.7. The maximum absolute atomic E-state index is 12.0. The number of carbonyl (C=O) groups excluding carboxylic acids is 2. The van der Waals surface area contributed by atoms with E-state index < -0.39 is 48.3 Å². The minimum absolute atomic E-state index is 0.0253. The third-order valence-corrected chi connectivity index (χ3v) is 14.9. The Morgan fingerprint density at radius 2 is 0.986 bits per heavy atom. The molecular weight excluding hydrogens is 945 g/mol. The maximum atomic E-state index is 12.0. The molecule has 0 aliphatic carbocycles. The fourth-order valence-electron chi connectivity index (χ4n) is 10.9. The molecule has 74 heavy (non-hydrogen) atoms. The van der Waals surface area contributed by atoms with Crippen LogP contribution in [0.3, 0.4) is 0 Å². The summed E-state index contributed by atoms with van der Waals surface area (Å²) in [5, 5.41) is 42.7. The van der Waals surface area contributed by atoms with E-state index in [2.05, 4.69) is 45.1 Å². The highest BCUT2D eigenvalue weighted by atomic mass is 16.6. The van der Waals surface area contributed by atoms with E-state index in [1.807, 2.05) is 48.5 Å². The predicted octanol–water partition coefficient (Wildman–Crippen LogP) is 7.95. The monoisotopic (exact) mass is 1010 g/mol. The quantitative estimate of drug-likeness (QED) is 0.0567. The van der Waals surface area contributed by atoms with Crippen LogP contribution in [0.5, 0.6) is 11.5 Å². The number of carbonyl (C=O) groups is 4. The van der Waals surface area contributed by atoms with Crippen LogP contribution in [0.1, 0.15) is 69.7 Å². The molecule has 12 atom stereocenters. The molecule has 6 saturated heterocycles. The van der Waals surface area contributed by atoms with E-state index >= 15 is 0 Å². The van der Waals surface area contributed by atoms with Crippen LogP contribution in [0.2, 0.25) is 0 Å². The Hall–Kier alpha value is -7.50. The molecular formula is C58H62N4O12. The lowest BCUT2D eigenvalue weighted by Gasteiger charge is -2.50. The second-order valence-corrected chi connectivity index (χ2v) is 19.0. The average molecular weight is 1010 g/mol. The number of hydrogen-bond donors (Lipinski definition) is 4. The van der Waals surface area contributed by atoms with Crippen molar-refractivity contribution in [1.82, 2.24) is 19.8 Å². The summed E-state index contributed by atoms with van der Waals surface area (Å²) in [6, 6.07) is 30.7. The number of aliphatic hydroxyl groups excluding tert-OH is 2. The number of pyridine rings is 2. The second kappa shape index (κ2) is 24.0. The van der Waals surface area contributed by atoms with Gasteiger partial charge in [-0.3, -0.25) is 19.8 Å². The first-order chi connectivity index (χ1) is 35.8. The van der Waals surface area contributed by atoms with Crippen molar-refractivity contribution in [2.75, 3.05) is 40.4 Å². The van der Waals surface area contributed by atoms with Gasteiger partial charge >= 0.3 is 23.9 Å². The van der Waals surface area contributed by atoms with Crippen LogP contribution in [0.25, 0.3) is 21.8 Å². The Kier molecular flexibility index (Phi) is 17.1. The Labute approximate surface area is 429 Å². The highest BCUT2D eigenvalue weighted by molar-refractivity contribution is 5.95. The van der Waals surface area contributed by atoms with Crippen molar-refractivity contribution in [3.05, 3.63) is 169 Å². The fourth-order valence-corrected chi connectivity index (χ4v) is 10.9. The van der Waals surface area contributed by atoms with Crippen molar-refractivity contribution in [3.63, 3.8) is 0 Å². The predicted molar refractivity (Wildman–Crippen MR) is 277 cm³/mol. The molecule has 16 nitrogen and oxygen atoms in total. The molecule has 16 heteroatoms. The van der Waals surface area contributed by atoms with Gasteiger partial charge in [-0.25, -0.2) is 19.2 Å². The van der Waals surface area contributed by atoms with Crippen molar-refractivity contribution in [3.8, 4) is 11.5 Å². The number of esters is 2.